The van der Waals surface area contributed by atoms with Gasteiger partial charge >= 0.3 is 0 Å². The van der Waals surface area contributed by atoms with E-state index in [1.807, 2.05) is 0 Å². The zero-order chi connectivity index (χ0) is 25.7. The fraction of sp³-hybridized carbons (Fsp3) is 0.417. The maximum absolute atomic E-state index is 13.8. The van der Waals surface area contributed by atoms with E-state index >= 15 is 0 Å². The summed E-state index contributed by atoms with van der Waals surface area (Å²) in [6.45, 7) is 1.22. The lowest BCUT2D eigenvalue weighted by atomic mass is 10.1. The third kappa shape index (κ3) is 3.98. The van der Waals surface area contributed by atoms with E-state index in [0.717, 1.165) is 6.07 Å². The van der Waals surface area contributed by atoms with E-state index in [1.165, 1.54) is 33.7 Å². The largest absolute Gasteiger partial charge is 0.348 e. The molecule has 3 aliphatic rings. The Bertz CT molecular complexity index is 1470. The summed E-state index contributed by atoms with van der Waals surface area (Å²) in [6.07, 6.45) is 1.04. The molecule has 0 atom stereocenters. The van der Waals surface area contributed by atoms with Crippen molar-refractivity contribution in [1.82, 2.24) is 20.1 Å². The van der Waals surface area contributed by atoms with Crippen LogP contribution in [0.15, 0.2) is 35.1 Å². The molecular weight excluding hydrogens is 489 g/mol. The van der Waals surface area contributed by atoms with E-state index in [2.05, 4.69) is 10.6 Å². The number of hydrogen-bond donors (Lipinski definition) is 2. The van der Waals surface area contributed by atoms with Crippen LogP contribution in [0.5, 0.6) is 0 Å². The molecule has 1 aliphatic carbocycles. The van der Waals surface area contributed by atoms with E-state index in [9.17, 15) is 27.2 Å². The summed E-state index contributed by atoms with van der Waals surface area (Å²) in [4.78, 5) is 40.2. The highest BCUT2D eigenvalue weighted by Crippen LogP contribution is 2.47. The van der Waals surface area contributed by atoms with Crippen LogP contribution in [0.3, 0.4) is 0 Å². The van der Waals surface area contributed by atoms with Crippen molar-refractivity contribution in [1.29, 1.82) is 5.26 Å². The van der Waals surface area contributed by atoms with Gasteiger partial charge in [0.1, 0.15) is 23.1 Å². The minimum atomic E-state index is -3.37. The van der Waals surface area contributed by atoms with Crippen LogP contribution in [-0.4, -0.2) is 65.9 Å². The predicted octanol–water partition coefficient (Wildman–Crippen LogP) is 0.164. The molecule has 0 unspecified atom stereocenters. The zero-order valence-corrected chi connectivity index (χ0v) is 20.1. The van der Waals surface area contributed by atoms with Crippen molar-refractivity contribution in [2.24, 2.45) is 0 Å². The topological polar surface area (TPSA) is 141 Å². The molecule has 0 bridgehead atoms. The van der Waals surface area contributed by atoms with Gasteiger partial charge in [0.25, 0.3) is 17.4 Å². The second-order valence-corrected chi connectivity index (χ2v) is 12.1. The van der Waals surface area contributed by atoms with Crippen LogP contribution in [0.4, 0.5) is 4.39 Å². The molecule has 2 fully saturated rings. The fourth-order valence-corrected chi connectivity index (χ4v) is 7.08. The second-order valence-electron chi connectivity index (χ2n) is 9.43. The maximum Gasteiger partial charge on any atom is 0.270 e. The number of pyridine rings is 1. The van der Waals surface area contributed by atoms with Crippen molar-refractivity contribution < 1.29 is 22.4 Å². The van der Waals surface area contributed by atoms with Crippen LogP contribution in [-0.2, 0) is 22.9 Å². The van der Waals surface area contributed by atoms with Crippen LogP contribution in [0.1, 0.15) is 44.8 Å². The summed E-state index contributed by atoms with van der Waals surface area (Å²) in [5.41, 5.74) is -0.367. The summed E-state index contributed by atoms with van der Waals surface area (Å²) in [5, 5.41) is 13.9. The summed E-state index contributed by atoms with van der Waals surface area (Å²) < 4.78 is 40.1. The van der Waals surface area contributed by atoms with E-state index in [1.54, 1.807) is 6.07 Å². The van der Waals surface area contributed by atoms with Gasteiger partial charge in [0.2, 0.25) is 0 Å². The smallest absolute Gasteiger partial charge is 0.270 e. The van der Waals surface area contributed by atoms with Crippen molar-refractivity contribution in [3.63, 3.8) is 0 Å². The van der Waals surface area contributed by atoms with Crippen LogP contribution < -0.4 is 16.2 Å². The van der Waals surface area contributed by atoms with Gasteiger partial charge in [-0.05, 0) is 42.7 Å². The number of sulfone groups is 1. The monoisotopic (exact) mass is 513 g/mol. The number of amides is 2. The van der Waals surface area contributed by atoms with Crippen LogP contribution in [0.2, 0.25) is 0 Å². The van der Waals surface area contributed by atoms with Crippen molar-refractivity contribution in [2.45, 2.75) is 35.9 Å². The Balaban J connectivity index is 1.29. The molecule has 10 nitrogen and oxygen atoms in total. The molecule has 2 aromatic rings. The van der Waals surface area contributed by atoms with Gasteiger partial charge in [-0.15, -0.1) is 0 Å². The second kappa shape index (κ2) is 8.83. The number of fused-ring (bicyclic) bond motifs is 1. The quantitative estimate of drug-likeness (QED) is 0.537. The van der Waals surface area contributed by atoms with Gasteiger partial charge in [-0.3, -0.25) is 14.4 Å². The van der Waals surface area contributed by atoms with Crippen LogP contribution in [0.25, 0.3) is 0 Å². The Labute approximate surface area is 206 Å². The number of halogens is 1. The molecule has 3 heterocycles. The van der Waals surface area contributed by atoms with E-state index in [4.69, 9.17) is 5.26 Å². The molecule has 2 aliphatic heterocycles. The zero-order valence-electron chi connectivity index (χ0n) is 19.3. The normalized spacial score (nSPS) is 18.7. The first-order valence-electron chi connectivity index (χ1n) is 11.6. The molecular formula is C24H24FN5O5S. The van der Waals surface area contributed by atoms with Crippen molar-refractivity contribution in [3.05, 3.63) is 68.9 Å². The lowest BCUT2D eigenvalue weighted by Crippen LogP contribution is -2.57. The summed E-state index contributed by atoms with van der Waals surface area (Å²) in [7, 11) is -3.37. The number of benzene rings is 1. The van der Waals surface area contributed by atoms with Gasteiger partial charge < -0.3 is 20.1 Å². The predicted molar refractivity (Wildman–Crippen MR) is 126 cm³/mol. The third-order valence-corrected chi connectivity index (χ3v) is 10.2. The molecule has 0 spiro atoms. The number of aromatic nitrogens is 1. The molecule has 2 amide bonds. The molecule has 0 radical (unpaired) electrons. The number of hydrogen-bond acceptors (Lipinski definition) is 7. The summed E-state index contributed by atoms with van der Waals surface area (Å²) >= 11 is 0. The van der Waals surface area contributed by atoms with E-state index < -0.39 is 43.0 Å². The first-order valence-corrected chi connectivity index (χ1v) is 13.2. The highest BCUT2D eigenvalue weighted by molar-refractivity contribution is 7.93. The van der Waals surface area contributed by atoms with Gasteiger partial charge in [0.15, 0.2) is 9.84 Å². The van der Waals surface area contributed by atoms with Crippen molar-refractivity contribution in [3.8, 4) is 6.07 Å². The van der Waals surface area contributed by atoms with E-state index in [0.29, 0.717) is 31.5 Å². The highest BCUT2D eigenvalue weighted by atomic mass is 32.2. The Hall–Kier alpha value is -3.56. The molecule has 12 heteroatoms. The van der Waals surface area contributed by atoms with Gasteiger partial charge in [0, 0.05) is 39.3 Å². The molecule has 1 aromatic carbocycles. The maximum atomic E-state index is 13.8. The lowest BCUT2D eigenvalue weighted by Gasteiger charge is -2.36. The van der Waals surface area contributed by atoms with Crippen molar-refractivity contribution >= 4 is 21.7 Å². The van der Waals surface area contributed by atoms with Gasteiger partial charge in [-0.1, -0.05) is 6.07 Å². The van der Waals surface area contributed by atoms with Gasteiger partial charge in [-0.25, -0.2) is 12.8 Å². The van der Waals surface area contributed by atoms with Crippen LogP contribution >= 0.6 is 0 Å². The molecule has 2 N–H and O–H groups in total. The summed E-state index contributed by atoms with van der Waals surface area (Å²) in [5.74, 6) is -1.81. The standard InChI is InChI=1S/C24H24FN5O5S/c25-19-9-15(1-2-16(19)10-26)11-28-21(31)18-3-4-20-23(33)29(7-8-30(20)22(18)32)14-24(5-6-24)36(34,35)17-12-27-13-17/h1-4,9,17,27H,5-8,11-14H2,(H,28,31). The molecule has 188 valence electrons. The molecule has 1 aromatic heterocycles. The first-order chi connectivity index (χ1) is 17.2. The van der Waals surface area contributed by atoms with Crippen molar-refractivity contribution in [2.75, 3.05) is 26.2 Å². The van der Waals surface area contributed by atoms with Gasteiger partial charge in [-0.2, -0.15) is 5.26 Å². The molecule has 36 heavy (non-hydrogen) atoms. The average molecular weight is 514 g/mol. The molecule has 1 saturated heterocycles. The minimum absolute atomic E-state index is 0.0531. The highest BCUT2D eigenvalue weighted by Gasteiger charge is 2.59. The number of nitriles is 1. The number of nitrogens with zero attached hydrogens (tertiary/aromatic N) is 3. The summed E-state index contributed by atoms with van der Waals surface area (Å²) in [6, 6.07) is 8.34. The molecule has 1 saturated carbocycles. The fourth-order valence-electron chi connectivity index (χ4n) is 4.69. The lowest BCUT2D eigenvalue weighted by molar-refractivity contribution is 0.0694. The SMILES string of the molecule is N#Cc1ccc(CNC(=O)c2ccc3n(c2=O)CCN(CC2(S(=O)(=O)C4CNC4)CC2)C3=O)cc1F. The number of carbonyl (C=O) groups excluding carboxylic acids is 2. The number of carbonyl (C=O) groups is 2. The minimum Gasteiger partial charge on any atom is -0.348 e. The Morgan fingerprint density at radius 1 is 1.19 bits per heavy atom. The first kappa shape index (κ1) is 24.1. The third-order valence-electron chi connectivity index (χ3n) is 7.20. The van der Waals surface area contributed by atoms with E-state index in [-0.39, 0.29) is 43.0 Å². The Kier molecular flexibility index (Phi) is 5.92. The average Bonchev–Trinajstić information content (AvgIpc) is 3.60. The van der Waals surface area contributed by atoms with Crippen LogP contribution in [0, 0.1) is 17.1 Å². The Morgan fingerprint density at radius 3 is 2.56 bits per heavy atom. The number of rotatable bonds is 7. The van der Waals surface area contributed by atoms with Gasteiger partial charge in [0.05, 0.1) is 15.6 Å². The molecule has 5 rings (SSSR count). The number of nitrogens with one attached hydrogen (secondary N) is 2. The Morgan fingerprint density at radius 2 is 1.94 bits per heavy atom.